The molecule has 0 heterocycles. The Bertz CT molecular complexity index is 409. The van der Waals surface area contributed by atoms with E-state index in [0.717, 1.165) is 10.2 Å². The summed E-state index contributed by atoms with van der Waals surface area (Å²) in [6.07, 6.45) is 0.647. The van der Waals surface area contributed by atoms with E-state index in [4.69, 9.17) is 9.47 Å². The van der Waals surface area contributed by atoms with Gasteiger partial charge in [0.2, 0.25) is 0 Å². The molecule has 0 radical (unpaired) electrons. The van der Waals surface area contributed by atoms with Crippen molar-refractivity contribution < 1.29 is 14.3 Å². The highest BCUT2D eigenvalue weighted by Gasteiger charge is 2.18. The number of hydrogen-bond acceptors (Lipinski definition) is 4. The Morgan fingerprint density at radius 1 is 1.44 bits per heavy atom. The first-order valence-corrected chi connectivity index (χ1v) is 6.68. The molecule has 1 aromatic rings. The fraction of sp³-hybridized carbons (Fsp3) is 0.462. The second-order valence-corrected chi connectivity index (χ2v) is 4.62. The zero-order valence-corrected chi connectivity index (χ0v) is 12.4. The SMILES string of the molecule is CCOC(=O)C(CC)Nc1cc(Br)ccc1OC. The van der Waals surface area contributed by atoms with Gasteiger partial charge in [0.1, 0.15) is 11.8 Å². The predicted octanol–water partition coefficient (Wildman–Crippen LogP) is 3.21. The minimum absolute atomic E-state index is 0.248. The van der Waals surface area contributed by atoms with Gasteiger partial charge < -0.3 is 14.8 Å². The number of nitrogens with one attached hydrogen (secondary N) is 1. The number of ether oxygens (including phenoxy) is 2. The van der Waals surface area contributed by atoms with Crippen molar-refractivity contribution in [2.45, 2.75) is 26.3 Å². The summed E-state index contributed by atoms with van der Waals surface area (Å²) in [6, 6.07) is 5.23. The molecule has 0 aliphatic rings. The van der Waals surface area contributed by atoms with E-state index >= 15 is 0 Å². The predicted molar refractivity (Wildman–Crippen MR) is 75.0 cm³/mol. The normalized spacial score (nSPS) is 11.8. The fourth-order valence-corrected chi connectivity index (χ4v) is 1.91. The lowest BCUT2D eigenvalue weighted by Gasteiger charge is -2.18. The number of methoxy groups -OCH3 is 1. The molecule has 0 aliphatic heterocycles. The van der Waals surface area contributed by atoms with E-state index in [9.17, 15) is 4.79 Å². The second-order valence-electron chi connectivity index (χ2n) is 3.70. The molecule has 0 aromatic heterocycles. The molecule has 0 saturated heterocycles. The Balaban J connectivity index is 2.86. The number of anilines is 1. The van der Waals surface area contributed by atoms with E-state index in [0.29, 0.717) is 18.8 Å². The van der Waals surface area contributed by atoms with E-state index in [1.54, 1.807) is 14.0 Å². The summed E-state index contributed by atoms with van der Waals surface area (Å²) >= 11 is 3.39. The quantitative estimate of drug-likeness (QED) is 0.819. The second kappa shape index (κ2) is 7.26. The van der Waals surface area contributed by atoms with Crippen molar-refractivity contribution in [1.82, 2.24) is 0 Å². The van der Waals surface area contributed by atoms with Gasteiger partial charge in [0.15, 0.2) is 0 Å². The summed E-state index contributed by atoms with van der Waals surface area (Å²) < 4.78 is 11.2. The molecular formula is C13H18BrNO3. The van der Waals surface area contributed by atoms with Crippen molar-refractivity contribution in [3.8, 4) is 5.75 Å². The van der Waals surface area contributed by atoms with Crippen molar-refractivity contribution in [3.63, 3.8) is 0 Å². The number of carbonyl (C=O) groups excluding carboxylic acids is 1. The molecule has 0 spiro atoms. The van der Waals surface area contributed by atoms with Gasteiger partial charge in [-0.15, -0.1) is 0 Å². The number of hydrogen-bond donors (Lipinski definition) is 1. The Hall–Kier alpha value is -1.23. The lowest BCUT2D eigenvalue weighted by Crippen LogP contribution is -2.30. The fourth-order valence-electron chi connectivity index (χ4n) is 1.55. The molecule has 0 bridgehead atoms. The highest BCUT2D eigenvalue weighted by atomic mass is 79.9. The molecule has 1 unspecified atom stereocenters. The van der Waals surface area contributed by atoms with Gasteiger partial charge in [-0.3, -0.25) is 0 Å². The standard InChI is InChI=1S/C13H18BrNO3/c1-4-10(13(16)18-5-2)15-11-8-9(14)6-7-12(11)17-3/h6-8,10,15H,4-5H2,1-3H3. The van der Waals surface area contributed by atoms with Crippen molar-refractivity contribution in [1.29, 1.82) is 0 Å². The Labute approximate surface area is 116 Å². The molecule has 1 aromatic carbocycles. The molecule has 0 saturated carbocycles. The van der Waals surface area contributed by atoms with Gasteiger partial charge >= 0.3 is 5.97 Å². The molecule has 100 valence electrons. The van der Waals surface area contributed by atoms with Gasteiger partial charge in [-0.25, -0.2) is 4.79 Å². The van der Waals surface area contributed by atoms with E-state index in [1.807, 2.05) is 25.1 Å². The average Bonchev–Trinajstić information content (AvgIpc) is 2.36. The van der Waals surface area contributed by atoms with Gasteiger partial charge in [-0.2, -0.15) is 0 Å². The van der Waals surface area contributed by atoms with Crippen LogP contribution in [0.1, 0.15) is 20.3 Å². The maximum atomic E-state index is 11.7. The maximum absolute atomic E-state index is 11.7. The third-order valence-electron chi connectivity index (χ3n) is 2.47. The van der Waals surface area contributed by atoms with Crippen LogP contribution in [-0.4, -0.2) is 25.7 Å². The smallest absolute Gasteiger partial charge is 0.328 e. The van der Waals surface area contributed by atoms with Crippen LogP contribution in [0.2, 0.25) is 0 Å². The molecule has 1 rings (SSSR count). The molecule has 0 aliphatic carbocycles. The van der Waals surface area contributed by atoms with Crippen LogP contribution in [0.15, 0.2) is 22.7 Å². The molecule has 5 heteroatoms. The summed E-state index contributed by atoms with van der Waals surface area (Å²) in [5, 5.41) is 3.14. The first kappa shape index (κ1) is 14.8. The van der Waals surface area contributed by atoms with Crippen LogP contribution in [0.3, 0.4) is 0 Å². The van der Waals surface area contributed by atoms with Crippen LogP contribution in [0.4, 0.5) is 5.69 Å². The van der Waals surface area contributed by atoms with Crippen LogP contribution in [-0.2, 0) is 9.53 Å². The summed E-state index contributed by atoms with van der Waals surface area (Å²) in [7, 11) is 1.60. The van der Waals surface area contributed by atoms with Crippen molar-refractivity contribution in [2.24, 2.45) is 0 Å². The van der Waals surface area contributed by atoms with Crippen LogP contribution >= 0.6 is 15.9 Å². The van der Waals surface area contributed by atoms with Crippen LogP contribution in [0.25, 0.3) is 0 Å². The number of carbonyl (C=O) groups is 1. The summed E-state index contributed by atoms with van der Waals surface area (Å²) in [5.41, 5.74) is 0.770. The molecule has 0 fully saturated rings. The van der Waals surface area contributed by atoms with Crippen LogP contribution in [0.5, 0.6) is 5.75 Å². The van der Waals surface area contributed by atoms with Gasteiger partial charge in [0.05, 0.1) is 19.4 Å². The number of halogens is 1. The van der Waals surface area contributed by atoms with Crippen LogP contribution in [0, 0.1) is 0 Å². The van der Waals surface area contributed by atoms with E-state index in [1.165, 1.54) is 0 Å². The van der Waals surface area contributed by atoms with Crippen molar-refractivity contribution >= 4 is 27.6 Å². The number of benzene rings is 1. The third-order valence-corrected chi connectivity index (χ3v) is 2.96. The first-order valence-electron chi connectivity index (χ1n) is 5.89. The summed E-state index contributed by atoms with van der Waals surface area (Å²) in [5.74, 6) is 0.447. The largest absolute Gasteiger partial charge is 0.495 e. The number of esters is 1. The first-order chi connectivity index (χ1) is 8.62. The Morgan fingerprint density at radius 3 is 2.72 bits per heavy atom. The molecule has 1 atom stereocenters. The molecular weight excluding hydrogens is 298 g/mol. The summed E-state index contributed by atoms with van der Waals surface area (Å²) in [4.78, 5) is 11.7. The highest BCUT2D eigenvalue weighted by molar-refractivity contribution is 9.10. The zero-order chi connectivity index (χ0) is 13.5. The van der Waals surface area contributed by atoms with Gasteiger partial charge in [0, 0.05) is 4.47 Å². The molecule has 18 heavy (non-hydrogen) atoms. The lowest BCUT2D eigenvalue weighted by molar-refractivity contribution is -0.144. The molecule has 1 N–H and O–H groups in total. The van der Waals surface area contributed by atoms with E-state index in [2.05, 4.69) is 21.2 Å². The average molecular weight is 316 g/mol. The highest BCUT2D eigenvalue weighted by Crippen LogP contribution is 2.28. The third kappa shape index (κ3) is 3.91. The minimum Gasteiger partial charge on any atom is -0.495 e. The van der Waals surface area contributed by atoms with Crippen molar-refractivity contribution in [3.05, 3.63) is 22.7 Å². The van der Waals surface area contributed by atoms with Gasteiger partial charge in [-0.1, -0.05) is 22.9 Å². The molecule has 0 amide bonds. The number of rotatable bonds is 6. The minimum atomic E-state index is -0.367. The monoisotopic (exact) mass is 315 g/mol. The topological polar surface area (TPSA) is 47.6 Å². The van der Waals surface area contributed by atoms with Crippen LogP contribution < -0.4 is 10.1 Å². The molecule has 4 nitrogen and oxygen atoms in total. The van der Waals surface area contributed by atoms with Gasteiger partial charge in [-0.05, 0) is 31.5 Å². The Kier molecular flexibility index (Phi) is 5.98. The van der Waals surface area contributed by atoms with Crippen molar-refractivity contribution in [2.75, 3.05) is 19.0 Å². The summed E-state index contributed by atoms with van der Waals surface area (Å²) in [6.45, 7) is 4.11. The maximum Gasteiger partial charge on any atom is 0.328 e. The van der Waals surface area contributed by atoms with Gasteiger partial charge in [0.25, 0.3) is 0 Å². The lowest BCUT2D eigenvalue weighted by atomic mass is 10.2. The van der Waals surface area contributed by atoms with E-state index < -0.39 is 0 Å². The zero-order valence-electron chi connectivity index (χ0n) is 10.8. The van der Waals surface area contributed by atoms with E-state index in [-0.39, 0.29) is 12.0 Å². The Morgan fingerprint density at radius 2 is 2.17 bits per heavy atom.